The van der Waals surface area contributed by atoms with E-state index >= 15 is 0 Å². The second-order valence-electron chi connectivity index (χ2n) is 10.2. The molecular formula is C25H28F2N8O2S. The lowest BCUT2D eigenvalue weighted by atomic mass is 9.73. The van der Waals surface area contributed by atoms with Gasteiger partial charge in [-0.15, -0.1) is 0 Å². The van der Waals surface area contributed by atoms with E-state index in [2.05, 4.69) is 25.9 Å². The molecule has 38 heavy (non-hydrogen) atoms. The van der Waals surface area contributed by atoms with Gasteiger partial charge in [-0.1, -0.05) is 17.4 Å². The summed E-state index contributed by atoms with van der Waals surface area (Å²) in [6.45, 7) is 0.542. The highest BCUT2D eigenvalue weighted by molar-refractivity contribution is 7.15. The number of aromatic nitrogens is 3. The Bertz CT molecular complexity index is 1420. The van der Waals surface area contributed by atoms with Crippen LogP contribution in [0.25, 0.3) is 0 Å². The minimum Gasteiger partial charge on any atom is -0.497 e. The van der Waals surface area contributed by atoms with Crippen LogP contribution in [-0.4, -0.2) is 52.5 Å². The van der Waals surface area contributed by atoms with Crippen molar-refractivity contribution in [2.75, 3.05) is 43.1 Å². The molecule has 0 radical (unpaired) electrons. The monoisotopic (exact) mass is 542 g/mol. The van der Waals surface area contributed by atoms with Gasteiger partial charge in [-0.25, -0.2) is 15.0 Å². The van der Waals surface area contributed by atoms with Crippen LogP contribution in [0.3, 0.4) is 0 Å². The van der Waals surface area contributed by atoms with Crippen LogP contribution in [0.2, 0.25) is 0 Å². The number of piperidine rings is 1. The molecule has 6 rings (SSSR count). The zero-order valence-corrected chi connectivity index (χ0v) is 21.6. The van der Waals surface area contributed by atoms with E-state index in [9.17, 15) is 13.6 Å². The molecule has 1 aromatic carbocycles. The molecule has 2 aliphatic heterocycles. The van der Waals surface area contributed by atoms with Gasteiger partial charge < -0.3 is 31.7 Å². The Hall–Kier alpha value is -3.58. The van der Waals surface area contributed by atoms with Gasteiger partial charge in [0, 0.05) is 19.1 Å². The molecule has 2 aromatic heterocycles. The molecule has 1 amide bonds. The first-order valence-electron chi connectivity index (χ1n) is 12.3. The molecule has 10 nitrogen and oxygen atoms in total. The molecule has 6 N–H and O–H groups in total. The van der Waals surface area contributed by atoms with Crippen LogP contribution in [0.4, 0.5) is 25.5 Å². The fourth-order valence-electron chi connectivity index (χ4n) is 5.95. The van der Waals surface area contributed by atoms with Crippen molar-refractivity contribution in [1.29, 1.82) is 0 Å². The number of fused-ring (bicyclic) bond motifs is 2. The Labute approximate surface area is 221 Å². The minimum absolute atomic E-state index is 0.0375. The van der Waals surface area contributed by atoms with Crippen molar-refractivity contribution in [1.82, 2.24) is 19.9 Å². The van der Waals surface area contributed by atoms with Gasteiger partial charge in [0.1, 0.15) is 17.3 Å². The summed E-state index contributed by atoms with van der Waals surface area (Å²) in [5, 5.41) is 0.0399. The van der Waals surface area contributed by atoms with Crippen molar-refractivity contribution in [2.45, 2.75) is 37.8 Å². The summed E-state index contributed by atoms with van der Waals surface area (Å²) in [4.78, 5) is 28.8. The van der Waals surface area contributed by atoms with Crippen LogP contribution in [0, 0.1) is 5.41 Å². The average molecular weight is 543 g/mol. The van der Waals surface area contributed by atoms with E-state index in [1.165, 1.54) is 11.8 Å². The summed E-state index contributed by atoms with van der Waals surface area (Å²) in [7, 11) is 1.65. The Morgan fingerprint density at radius 3 is 2.68 bits per heavy atom. The number of hydrogen-bond acceptors (Lipinski definition) is 10. The van der Waals surface area contributed by atoms with Crippen LogP contribution in [-0.2, 0) is 18.9 Å². The van der Waals surface area contributed by atoms with Crippen molar-refractivity contribution in [3.05, 3.63) is 51.8 Å². The third-order valence-corrected chi connectivity index (χ3v) is 8.90. The SMILES string of the molecule is COc1ccc2c(c1)C(N)C1(CCN(c3cnc(C(=O)N4Cc5sc(N)nc5C(F)(F)C4)c(N)n3)CC1)C2. The second-order valence-corrected chi connectivity index (χ2v) is 11.3. The summed E-state index contributed by atoms with van der Waals surface area (Å²) in [6.07, 6.45) is 4.11. The fraction of sp³-hybridized carbons (Fsp3) is 0.440. The van der Waals surface area contributed by atoms with Gasteiger partial charge in [0.15, 0.2) is 16.6 Å². The number of nitrogens with two attached hydrogens (primary N) is 3. The quantitative estimate of drug-likeness (QED) is 0.454. The predicted octanol–water partition coefficient (Wildman–Crippen LogP) is 2.70. The summed E-state index contributed by atoms with van der Waals surface area (Å²) in [5.41, 5.74) is 20.3. The fourth-order valence-corrected chi connectivity index (χ4v) is 6.85. The van der Waals surface area contributed by atoms with E-state index in [4.69, 9.17) is 21.9 Å². The van der Waals surface area contributed by atoms with Crippen molar-refractivity contribution in [2.24, 2.45) is 11.1 Å². The normalized spacial score (nSPS) is 21.3. The van der Waals surface area contributed by atoms with Gasteiger partial charge in [0.25, 0.3) is 5.91 Å². The zero-order chi connectivity index (χ0) is 26.8. The number of anilines is 3. The van der Waals surface area contributed by atoms with Gasteiger partial charge in [0.05, 0.1) is 31.3 Å². The molecule has 0 saturated carbocycles. The lowest BCUT2D eigenvalue weighted by Gasteiger charge is -2.42. The van der Waals surface area contributed by atoms with Crippen LogP contribution in [0.5, 0.6) is 5.75 Å². The third-order valence-electron chi connectivity index (χ3n) is 8.03. The number of nitrogens with zero attached hydrogens (tertiary/aromatic N) is 5. The molecule has 13 heteroatoms. The van der Waals surface area contributed by atoms with Crippen molar-refractivity contribution >= 4 is 34.0 Å². The lowest BCUT2D eigenvalue weighted by molar-refractivity contribution is -0.0478. The van der Waals surface area contributed by atoms with E-state index in [1.54, 1.807) is 7.11 Å². The highest BCUT2D eigenvalue weighted by Gasteiger charge is 2.47. The summed E-state index contributed by atoms with van der Waals surface area (Å²) in [6, 6.07) is 6.02. The van der Waals surface area contributed by atoms with Crippen LogP contribution >= 0.6 is 11.3 Å². The number of thiazole rings is 1. The topological polar surface area (TPSA) is 150 Å². The van der Waals surface area contributed by atoms with E-state index in [0.717, 1.165) is 46.8 Å². The molecule has 1 saturated heterocycles. The first-order chi connectivity index (χ1) is 18.1. The van der Waals surface area contributed by atoms with Gasteiger partial charge >= 0.3 is 5.92 Å². The second kappa shape index (κ2) is 8.73. The highest BCUT2D eigenvalue weighted by Crippen LogP contribution is 2.51. The van der Waals surface area contributed by atoms with Gasteiger partial charge in [-0.2, -0.15) is 8.78 Å². The number of alkyl halides is 2. The number of carbonyl (C=O) groups is 1. The first-order valence-corrected chi connectivity index (χ1v) is 13.1. The molecule has 1 spiro atoms. The first kappa shape index (κ1) is 24.7. The third kappa shape index (κ3) is 3.91. The molecule has 0 bridgehead atoms. The van der Waals surface area contributed by atoms with E-state index < -0.39 is 18.4 Å². The van der Waals surface area contributed by atoms with Crippen molar-refractivity contribution in [3.8, 4) is 5.75 Å². The number of nitrogen functional groups attached to an aromatic ring is 2. The Kier molecular flexibility index (Phi) is 5.69. The summed E-state index contributed by atoms with van der Waals surface area (Å²) in [5.74, 6) is -2.76. The summed E-state index contributed by atoms with van der Waals surface area (Å²) < 4.78 is 34.6. The van der Waals surface area contributed by atoms with Crippen molar-refractivity contribution in [3.63, 3.8) is 0 Å². The van der Waals surface area contributed by atoms with Gasteiger partial charge in [-0.3, -0.25) is 4.79 Å². The van der Waals surface area contributed by atoms with Gasteiger partial charge in [-0.05, 0) is 47.9 Å². The number of methoxy groups -OCH3 is 1. The maximum atomic E-state index is 14.6. The average Bonchev–Trinajstić information content (AvgIpc) is 3.41. The standard InChI is InChI=1S/C25H28F2N8O2S/c1-37-14-3-2-13-9-24(19(28)15(13)8-14)4-6-34(7-5-24)17-10-31-18(21(29)32-17)22(36)35-11-16-20(25(26,27)12-35)33-23(30)38-16/h2-3,8,10,19H,4-7,9,11-12,28H2,1H3,(H2,29,32)(H2,30,33). The number of amides is 1. The van der Waals surface area contributed by atoms with E-state index in [1.807, 2.05) is 12.1 Å². The molecule has 3 aromatic rings. The molecule has 1 unspecified atom stereocenters. The van der Waals surface area contributed by atoms with E-state index in [0.29, 0.717) is 18.9 Å². The maximum Gasteiger partial charge on any atom is 0.308 e. The number of rotatable bonds is 3. The molecule has 1 aliphatic carbocycles. The number of halogens is 2. The lowest BCUT2D eigenvalue weighted by Crippen LogP contribution is -2.45. The molecular weight excluding hydrogens is 514 g/mol. The van der Waals surface area contributed by atoms with Crippen LogP contribution in [0.15, 0.2) is 24.4 Å². The number of ether oxygens (including phenoxy) is 1. The summed E-state index contributed by atoms with van der Waals surface area (Å²) >= 11 is 0.944. The minimum atomic E-state index is -3.31. The zero-order valence-electron chi connectivity index (χ0n) is 20.8. The smallest absolute Gasteiger partial charge is 0.308 e. The molecule has 1 atom stereocenters. The van der Waals surface area contributed by atoms with Crippen LogP contribution in [0.1, 0.15) is 51.1 Å². The Morgan fingerprint density at radius 2 is 1.97 bits per heavy atom. The van der Waals surface area contributed by atoms with Gasteiger partial charge in [0.2, 0.25) is 0 Å². The van der Waals surface area contributed by atoms with Crippen molar-refractivity contribution < 1.29 is 18.3 Å². The van der Waals surface area contributed by atoms with Crippen LogP contribution < -0.4 is 26.8 Å². The molecule has 3 aliphatic rings. The number of benzene rings is 1. The Morgan fingerprint density at radius 1 is 1.21 bits per heavy atom. The molecule has 4 heterocycles. The number of carbonyl (C=O) groups excluding carboxylic acids is 1. The molecule has 200 valence electrons. The Balaban J connectivity index is 1.15. The molecule has 1 fully saturated rings. The predicted molar refractivity (Wildman–Crippen MR) is 139 cm³/mol. The maximum absolute atomic E-state index is 14.6. The highest BCUT2D eigenvalue weighted by atomic mass is 32.1. The van der Waals surface area contributed by atoms with E-state index in [-0.39, 0.29) is 45.2 Å². The largest absolute Gasteiger partial charge is 0.497 e. The number of hydrogen-bond donors (Lipinski definition) is 3.